The predicted molar refractivity (Wildman–Crippen MR) is 49.3 cm³/mol. The SMILES string of the molecule is CC(C)c1nc(Cl)c(C=O)c(=O)[nH]1. The van der Waals surface area contributed by atoms with Gasteiger partial charge in [-0.25, -0.2) is 4.98 Å². The predicted octanol–water partition coefficient (Wildman–Crippen LogP) is 1.36. The zero-order valence-electron chi connectivity index (χ0n) is 7.30. The van der Waals surface area contributed by atoms with E-state index in [1.165, 1.54) is 0 Å². The van der Waals surface area contributed by atoms with Crippen LogP contribution in [0.3, 0.4) is 0 Å². The van der Waals surface area contributed by atoms with Gasteiger partial charge in [0.05, 0.1) is 0 Å². The summed E-state index contributed by atoms with van der Waals surface area (Å²) >= 11 is 5.62. The molecule has 5 heteroatoms. The first-order valence-electron chi connectivity index (χ1n) is 3.81. The van der Waals surface area contributed by atoms with Gasteiger partial charge < -0.3 is 4.98 Å². The summed E-state index contributed by atoms with van der Waals surface area (Å²) in [6, 6.07) is 0. The molecular formula is C8H9ClN2O2. The highest BCUT2D eigenvalue weighted by Crippen LogP contribution is 2.11. The van der Waals surface area contributed by atoms with Crippen LogP contribution in [0.4, 0.5) is 0 Å². The zero-order chi connectivity index (χ0) is 10.0. The molecule has 1 aromatic rings. The Morgan fingerprint density at radius 1 is 1.54 bits per heavy atom. The number of hydrogen-bond donors (Lipinski definition) is 1. The van der Waals surface area contributed by atoms with Crippen molar-refractivity contribution in [3.63, 3.8) is 0 Å². The van der Waals surface area contributed by atoms with Crippen LogP contribution in [0.1, 0.15) is 35.9 Å². The fourth-order valence-electron chi connectivity index (χ4n) is 0.847. The van der Waals surface area contributed by atoms with E-state index in [1.54, 1.807) is 0 Å². The van der Waals surface area contributed by atoms with Gasteiger partial charge in [0, 0.05) is 5.92 Å². The molecule has 13 heavy (non-hydrogen) atoms. The molecule has 1 rings (SSSR count). The summed E-state index contributed by atoms with van der Waals surface area (Å²) in [5, 5.41) is -0.0394. The molecule has 0 aromatic carbocycles. The molecule has 0 spiro atoms. The van der Waals surface area contributed by atoms with Crippen molar-refractivity contribution in [3.8, 4) is 0 Å². The molecule has 0 amide bonds. The molecule has 0 fully saturated rings. The van der Waals surface area contributed by atoms with Gasteiger partial charge in [-0.1, -0.05) is 25.4 Å². The lowest BCUT2D eigenvalue weighted by Gasteiger charge is -2.04. The average Bonchev–Trinajstić information content (AvgIpc) is 2.03. The van der Waals surface area contributed by atoms with Crippen LogP contribution in [-0.2, 0) is 0 Å². The van der Waals surface area contributed by atoms with E-state index in [2.05, 4.69) is 9.97 Å². The Balaban J connectivity index is 3.37. The van der Waals surface area contributed by atoms with Gasteiger partial charge in [0.15, 0.2) is 6.29 Å². The summed E-state index contributed by atoms with van der Waals surface area (Å²) in [6.45, 7) is 3.74. The lowest BCUT2D eigenvalue weighted by molar-refractivity contribution is 0.112. The first-order valence-corrected chi connectivity index (χ1v) is 4.19. The Kier molecular flexibility index (Phi) is 2.83. The normalized spacial score (nSPS) is 10.5. The molecule has 0 radical (unpaired) electrons. The van der Waals surface area contributed by atoms with Crippen LogP contribution in [-0.4, -0.2) is 16.3 Å². The van der Waals surface area contributed by atoms with Gasteiger partial charge >= 0.3 is 0 Å². The van der Waals surface area contributed by atoms with Crippen LogP contribution in [0.15, 0.2) is 4.79 Å². The first-order chi connectivity index (χ1) is 6.06. The Bertz CT molecular complexity index is 384. The summed E-state index contributed by atoms with van der Waals surface area (Å²) in [5.41, 5.74) is -0.607. The molecule has 4 nitrogen and oxygen atoms in total. The standard InChI is InChI=1S/C8H9ClN2O2/c1-4(2)7-10-6(9)5(3-12)8(13)11-7/h3-4H,1-2H3,(H,10,11,13). The highest BCUT2D eigenvalue weighted by Gasteiger charge is 2.10. The van der Waals surface area contributed by atoms with Crippen molar-refractivity contribution in [1.82, 2.24) is 9.97 Å². The molecular weight excluding hydrogens is 192 g/mol. The Labute approximate surface area is 80.0 Å². The number of nitrogens with zero attached hydrogens (tertiary/aromatic N) is 1. The molecule has 1 aromatic heterocycles. The number of carbonyl (C=O) groups is 1. The maximum atomic E-state index is 11.2. The third-order valence-electron chi connectivity index (χ3n) is 1.59. The van der Waals surface area contributed by atoms with Crippen molar-refractivity contribution in [3.05, 3.63) is 26.9 Å². The Morgan fingerprint density at radius 3 is 2.54 bits per heavy atom. The van der Waals surface area contributed by atoms with Crippen LogP contribution in [0.25, 0.3) is 0 Å². The molecule has 70 valence electrons. The number of nitrogens with one attached hydrogen (secondary N) is 1. The summed E-state index contributed by atoms with van der Waals surface area (Å²) in [6.07, 6.45) is 0.401. The number of carbonyl (C=O) groups excluding carboxylic acids is 1. The van der Waals surface area contributed by atoms with Gasteiger partial charge in [0.2, 0.25) is 0 Å². The van der Waals surface area contributed by atoms with Gasteiger partial charge in [-0.05, 0) is 0 Å². The quantitative estimate of drug-likeness (QED) is 0.579. The minimum absolute atomic E-state index is 0.0394. The summed E-state index contributed by atoms with van der Waals surface area (Å²) in [5.74, 6) is 0.562. The molecule has 0 saturated carbocycles. The Morgan fingerprint density at radius 2 is 2.15 bits per heavy atom. The lowest BCUT2D eigenvalue weighted by atomic mass is 10.2. The second kappa shape index (κ2) is 3.70. The smallest absolute Gasteiger partial charge is 0.263 e. The van der Waals surface area contributed by atoms with Crippen molar-refractivity contribution in [2.75, 3.05) is 0 Å². The first kappa shape index (κ1) is 9.92. The van der Waals surface area contributed by atoms with Gasteiger partial charge in [-0.3, -0.25) is 9.59 Å². The second-order valence-electron chi connectivity index (χ2n) is 2.93. The number of aromatic nitrogens is 2. The molecule has 0 aliphatic rings. The fraction of sp³-hybridized carbons (Fsp3) is 0.375. The fourth-order valence-corrected chi connectivity index (χ4v) is 1.07. The van der Waals surface area contributed by atoms with E-state index in [0.29, 0.717) is 12.1 Å². The summed E-state index contributed by atoms with van der Waals surface area (Å²) in [7, 11) is 0. The van der Waals surface area contributed by atoms with Crippen molar-refractivity contribution in [2.45, 2.75) is 19.8 Å². The molecule has 0 unspecified atom stereocenters. The number of halogens is 1. The highest BCUT2D eigenvalue weighted by atomic mass is 35.5. The largest absolute Gasteiger partial charge is 0.310 e. The number of rotatable bonds is 2. The maximum Gasteiger partial charge on any atom is 0.263 e. The van der Waals surface area contributed by atoms with E-state index in [-0.39, 0.29) is 16.6 Å². The average molecular weight is 201 g/mol. The topological polar surface area (TPSA) is 62.8 Å². The van der Waals surface area contributed by atoms with E-state index in [1.807, 2.05) is 13.8 Å². The van der Waals surface area contributed by atoms with E-state index in [0.717, 1.165) is 0 Å². The number of aromatic amines is 1. The van der Waals surface area contributed by atoms with E-state index in [4.69, 9.17) is 11.6 Å². The van der Waals surface area contributed by atoms with Gasteiger partial charge in [0.25, 0.3) is 5.56 Å². The van der Waals surface area contributed by atoms with Crippen LogP contribution in [0.2, 0.25) is 5.15 Å². The Hall–Kier alpha value is -1.16. The maximum absolute atomic E-state index is 11.2. The number of hydrogen-bond acceptors (Lipinski definition) is 3. The minimum Gasteiger partial charge on any atom is -0.310 e. The van der Waals surface area contributed by atoms with E-state index in [9.17, 15) is 9.59 Å². The summed E-state index contributed by atoms with van der Waals surface area (Å²) in [4.78, 5) is 27.9. The van der Waals surface area contributed by atoms with Crippen molar-refractivity contribution in [2.24, 2.45) is 0 Å². The van der Waals surface area contributed by atoms with Crippen LogP contribution >= 0.6 is 11.6 Å². The molecule has 1 N–H and O–H groups in total. The zero-order valence-corrected chi connectivity index (χ0v) is 8.05. The van der Waals surface area contributed by atoms with Crippen molar-refractivity contribution < 1.29 is 4.79 Å². The van der Waals surface area contributed by atoms with Gasteiger partial charge in [0.1, 0.15) is 16.5 Å². The molecule has 0 bridgehead atoms. The molecule has 0 saturated heterocycles. The van der Waals surface area contributed by atoms with Crippen LogP contribution in [0, 0.1) is 0 Å². The lowest BCUT2D eigenvalue weighted by Crippen LogP contribution is -2.17. The van der Waals surface area contributed by atoms with E-state index >= 15 is 0 Å². The molecule has 0 aliphatic heterocycles. The van der Waals surface area contributed by atoms with Crippen LogP contribution < -0.4 is 5.56 Å². The van der Waals surface area contributed by atoms with Crippen LogP contribution in [0.5, 0.6) is 0 Å². The minimum atomic E-state index is -0.487. The van der Waals surface area contributed by atoms with Crippen molar-refractivity contribution in [1.29, 1.82) is 0 Å². The number of aldehydes is 1. The van der Waals surface area contributed by atoms with E-state index < -0.39 is 5.56 Å². The third-order valence-corrected chi connectivity index (χ3v) is 1.88. The third kappa shape index (κ3) is 1.95. The van der Waals surface area contributed by atoms with Gasteiger partial charge in [-0.15, -0.1) is 0 Å². The van der Waals surface area contributed by atoms with Crippen molar-refractivity contribution >= 4 is 17.9 Å². The number of H-pyrrole nitrogens is 1. The molecule has 0 aliphatic carbocycles. The molecule has 1 heterocycles. The summed E-state index contributed by atoms with van der Waals surface area (Å²) < 4.78 is 0. The highest BCUT2D eigenvalue weighted by molar-refractivity contribution is 6.31. The second-order valence-corrected chi connectivity index (χ2v) is 3.29. The molecule has 0 atom stereocenters. The monoisotopic (exact) mass is 200 g/mol. The van der Waals surface area contributed by atoms with Gasteiger partial charge in [-0.2, -0.15) is 0 Å².